The van der Waals surface area contributed by atoms with Gasteiger partial charge in [-0.1, -0.05) is 6.07 Å². The van der Waals surface area contributed by atoms with Gasteiger partial charge < -0.3 is 16.4 Å². The van der Waals surface area contributed by atoms with Crippen molar-refractivity contribution in [1.29, 1.82) is 0 Å². The number of hydrogen-bond acceptors (Lipinski definition) is 8. The Bertz CT molecular complexity index is 1130. The minimum Gasteiger partial charge on any atom is -0.366 e. The van der Waals surface area contributed by atoms with Crippen molar-refractivity contribution in [1.82, 2.24) is 29.5 Å². The zero-order chi connectivity index (χ0) is 21.0. The summed E-state index contributed by atoms with van der Waals surface area (Å²) in [6.45, 7) is 0.617. The highest BCUT2D eigenvalue weighted by molar-refractivity contribution is 5.62. The van der Waals surface area contributed by atoms with Gasteiger partial charge in [0, 0.05) is 49.0 Å². The molecule has 0 bridgehead atoms. The van der Waals surface area contributed by atoms with E-state index < -0.39 is 0 Å². The van der Waals surface area contributed by atoms with E-state index in [0.29, 0.717) is 24.6 Å². The average Bonchev–Trinajstić information content (AvgIpc) is 3.24. The van der Waals surface area contributed by atoms with Gasteiger partial charge in [-0.05, 0) is 49.4 Å². The maximum Gasteiger partial charge on any atom is 0.222 e. The Balaban J connectivity index is 1.31. The van der Waals surface area contributed by atoms with E-state index in [1.807, 2.05) is 35.0 Å². The summed E-state index contributed by atoms with van der Waals surface area (Å²) in [6, 6.07) is 8.60. The van der Waals surface area contributed by atoms with Gasteiger partial charge in [-0.2, -0.15) is 0 Å². The lowest BCUT2D eigenvalue weighted by Crippen LogP contribution is -2.33. The molecular weight excluding hydrogens is 390 g/mol. The quantitative estimate of drug-likeness (QED) is 0.440. The fourth-order valence-electron chi connectivity index (χ4n) is 3.86. The highest BCUT2D eigenvalue weighted by Crippen LogP contribution is 2.23. The molecular formula is C22H25N9. The number of nitrogens with zero attached hydrogens (tertiary/aromatic N) is 6. The molecule has 1 aliphatic rings. The number of rotatable bonds is 6. The highest BCUT2D eigenvalue weighted by atomic mass is 15.3. The zero-order valence-corrected chi connectivity index (χ0v) is 17.1. The van der Waals surface area contributed by atoms with Crippen molar-refractivity contribution < 1.29 is 0 Å². The van der Waals surface area contributed by atoms with E-state index in [2.05, 4.69) is 30.6 Å². The number of imidazole rings is 1. The molecule has 9 nitrogen and oxygen atoms in total. The fourth-order valence-corrected chi connectivity index (χ4v) is 3.86. The molecule has 9 heteroatoms. The van der Waals surface area contributed by atoms with Gasteiger partial charge in [-0.3, -0.25) is 4.98 Å². The van der Waals surface area contributed by atoms with Crippen molar-refractivity contribution >= 4 is 17.4 Å². The molecule has 5 rings (SSSR count). The standard InChI is InChI=1S/C22H25N9/c23-17-3-5-18(6-4-17)29-20-7-8-21-25-14-19(31(21)30-20)16-12-27-22(28-13-16)26-11-15-2-1-9-24-10-15/h1-2,7-10,12-14,17-18H,3-6,11,23H2,(H,29,30)(H,26,27,28). The van der Waals surface area contributed by atoms with Crippen LogP contribution in [0.5, 0.6) is 0 Å². The van der Waals surface area contributed by atoms with Crippen molar-refractivity contribution in [3.8, 4) is 11.3 Å². The topological polar surface area (TPSA) is 119 Å². The van der Waals surface area contributed by atoms with Crippen LogP contribution < -0.4 is 16.4 Å². The predicted octanol–water partition coefficient (Wildman–Crippen LogP) is 2.88. The monoisotopic (exact) mass is 415 g/mol. The van der Waals surface area contributed by atoms with Crippen molar-refractivity contribution in [3.05, 3.63) is 60.8 Å². The largest absolute Gasteiger partial charge is 0.366 e. The number of hydrogen-bond donors (Lipinski definition) is 3. The first kappa shape index (κ1) is 19.4. The second kappa shape index (κ2) is 8.65. The SMILES string of the molecule is NC1CCC(Nc2ccc3ncc(-c4cnc(NCc5cccnc5)nc4)n3n2)CC1. The molecule has 0 radical (unpaired) electrons. The van der Waals surface area contributed by atoms with Gasteiger partial charge in [0.1, 0.15) is 5.82 Å². The van der Waals surface area contributed by atoms with Crippen LogP contribution in [0, 0.1) is 0 Å². The Morgan fingerprint density at radius 3 is 2.58 bits per heavy atom. The number of aromatic nitrogens is 6. The smallest absolute Gasteiger partial charge is 0.222 e. The summed E-state index contributed by atoms with van der Waals surface area (Å²) < 4.78 is 1.83. The minimum absolute atomic E-state index is 0.329. The molecule has 4 aromatic heterocycles. The third-order valence-corrected chi connectivity index (χ3v) is 5.61. The van der Waals surface area contributed by atoms with Crippen LogP contribution in [0.15, 0.2) is 55.2 Å². The number of fused-ring (bicyclic) bond motifs is 1. The molecule has 0 aromatic carbocycles. The molecule has 31 heavy (non-hydrogen) atoms. The summed E-state index contributed by atoms with van der Waals surface area (Å²) >= 11 is 0. The molecule has 0 saturated heterocycles. The van der Waals surface area contributed by atoms with Crippen LogP contribution in [0.4, 0.5) is 11.8 Å². The summed E-state index contributed by atoms with van der Waals surface area (Å²) in [5.41, 5.74) is 9.58. The van der Waals surface area contributed by atoms with E-state index in [0.717, 1.165) is 54.0 Å². The Labute approximate surface area is 180 Å². The lowest BCUT2D eigenvalue weighted by Gasteiger charge is -2.27. The van der Waals surface area contributed by atoms with Gasteiger partial charge >= 0.3 is 0 Å². The molecule has 4 N–H and O–H groups in total. The first-order valence-corrected chi connectivity index (χ1v) is 10.6. The third-order valence-electron chi connectivity index (χ3n) is 5.61. The fraction of sp³-hybridized carbons (Fsp3) is 0.318. The van der Waals surface area contributed by atoms with Crippen molar-refractivity contribution in [3.63, 3.8) is 0 Å². The Morgan fingerprint density at radius 1 is 0.968 bits per heavy atom. The lowest BCUT2D eigenvalue weighted by atomic mass is 9.92. The van der Waals surface area contributed by atoms with Crippen molar-refractivity contribution in [2.45, 2.75) is 44.3 Å². The van der Waals surface area contributed by atoms with Gasteiger partial charge in [0.15, 0.2) is 5.65 Å². The van der Waals surface area contributed by atoms with Crippen LogP contribution in [0.25, 0.3) is 16.9 Å². The molecule has 1 fully saturated rings. The Hall–Kier alpha value is -3.59. The second-order valence-electron chi connectivity index (χ2n) is 7.90. The molecule has 158 valence electrons. The van der Waals surface area contributed by atoms with E-state index in [1.54, 1.807) is 24.8 Å². The summed E-state index contributed by atoms with van der Waals surface area (Å²) in [7, 11) is 0. The maximum atomic E-state index is 6.02. The summed E-state index contributed by atoms with van der Waals surface area (Å²) in [5.74, 6) is 1.40. The first-order valence-electron chi connectivity index (χ1n) is 10.6. The summed E-state index contributed by atoms with van der Waals surface area (Å²) in [4.78, 5) is 17.5. The summed E-state index contributed by atoms with van der Waals surface area (Å²) in [5, 5.41) is 11.5. The van der Waals surface area contributed by atoms with E-state index >= 15 is 0 Å². The molecule has 1 saturated carbocycles. The van der Waals surface area contributed by atoms with Crippen molar-refractivity contribution in [2.75, 3.05) is 10.6 Å². The van der Waals surface area contributed by atoms with E-state index in [1.165, 1.54) is 0 Å². The van der Waals surface area contributed by atoms with E-state index in [4.69, 9.17) is 10.8 Å². The van der Waals surface area contributed by atoms with Crippen molar-refractivity contribution in [2.24, 2.45) is 5.73 Å². The summed E-state index contributed by atoms with van der Waals surface area (Å²) in [6.07, 6.45) is 13.2. The van der Waals surface area contributed by atoms with E-state index in [9.17, 15) is 0 Å². The van der Waals surface area contributed by atoms with Crippen LogP contribution in [0.2, 0.25) is 0 Å². The second-order valence-corrected chi connectivity index (χ2v) is 7.90. The average molecular weight is 416 g/mol. The van der Waals surface area contributed by atoms with Crippen LogP contribution in [-0.4, -0.2) is 41.6 Å². The molecule has 0 atom stereocenters. The number of nitrogens with two attached hydrogens (primary N) is 1. The van der Waals surface area contributed by atoms with Gasteiger partial charge in [0.05, 0.1) is 11.9 Å². The molecule has 4 heterocycles. The zero-order valence-electron chi connectivity index (χ0n) is 17.1. The van der Waals surface area contributed by atoms with Crippen LogP contribution in [0.1, 0.15) is 31.2 Å². The van der Waals surface area contributed by atoms with Crippen LogP contribution >= 0.6 is 0 Å². The first-order chi connectivity index (χ1) is 15.2. The normalized spacial score (nSPS) is 18.7. The van der Waals surface area contributed by atoms with E-state index in [-0.39, 0.29) is 0 Å². The maximum absolute atomic E-state index is 6.02. The highest BCUT2D eigenvalue weighted by Gasteiger charge is 2.19. The molecule has 0 spiro atoms. The molecule has 0 aliphatic heterocycles. The molecule has 1 aliphatic carbocycles. The Kier molecular flexibility index (Phi) is 5.40. The third kappa shape index (κ3) is 4.46. The van der Waals surface area contributed by atoms with Crippen LogP contribution in [0.3, 0.4) is 0 Å². The van der Waals surface area contributed by atoms with Gasteiger partial charge in [0.25, 0.3) is 0 Å². The number of pyridine rings is 1. The van der Waals surface area contributed by atoms with Crippen LogP contribution in [-0.2, 0) is 6.54 Å². The molecule has 4 aromatic rings. The molecule has 0 amide bonds. The Morgan fingerprint density at radius 2 is 1.81 bits per heavy atom. The lowest BCUT2D eigenvalue weighted by molar-refractivity contribution is 0.410. The van der Waals surface area contributed by atoms with Gasteiger partial charge in [-0.15, -0.1) is 5.10 Å². The number of nitrogens with one attached hydrogen (secondary N) is 2. The molecule has 0 unspecified atom stereocenters. The van der Waals surface area contributed by atoms with Gasteiger partial charge in [0.2, 0.25) is 5.95 Å². The number of anilines is 2. The minimum atomic E-state index is 0.329. The predicted molar refractivity (Wildman–Crippen MR) is 119 cm³/mol. The van der Waals surface area contributed by atoms with Gasteiger partial charge in [-0.25, -0.2) is 19.5 Å².